The van der Waals surface area contributed by atoms with Crippen LogP contribution in [0.1, 0.15) is 58.6 Å². The standard InChI is InChI=1S/C16H22ClNOS/c17-10-12-6-1-3-7-13(12)18-16(19)15-9-11-5-2-4-8-14(11)20-15/h9,12-13H,1-8,10H2,(H,18,19). The van der Waals surface area contributed by atoms with Crippen LogP contribution in [0.5, 0.6) is 0 Å². The SMILES string of the molecule is O=C(NC1CCCCC1CCl)c1cc2c(s1)CCCC2. The summed E-state index contributed by atoms with van der Waals surface area (Å²) in [5.41, 5.74) is 1.41. The first-order chi connectivity index (χ1) is 9.78. The van der Waals surface area contributed by atoms with E-state index in [0.717, 1.165) is 30.6 Å². The van der Waals surface area contributed by atoms with Gasteiger partial charge >= 0.3 is 0 Å². The number of rotatable bonds is 3. The summed E-state index contributed by atoms with van der Waals surface area (Å²) in [4.78, 5) is 14.8. The summed E-state index contributed by atoms with van der Waals surface area (Å²) in [5.74, 6) is 1.22. The lowest BCUT2D eigenvalue weighted by atomic mass is 9.86. The molecule has 1 heterocycles. The second-order valence-electron chi connectivity index (χ2n) is 6.04. The largest absolute Gasteiger partial charge is 0.348 e. The number of fused-ring (bicyclic) bond motifs is 1. The van der Waals surface area contributed by atoms with Gasteiger partial charge < -0.3 is 5.32 Å². The second kappa shape index (κ2) is 6.48. The molecule has 1 saturated carbocycles. The molecule has 1 aromatic rings. The van der Waals surface area contributed by atoms with Crippen molar-refractivity contribution in [1.29, 1.82) is 0 Å². The zero-order chi connectivity index (χ0) is 13.9. The van der Waals surface area contributed by atoms with E-state index in [1.165, 1.54) is 36.1 Å². The first-order valence-corrected chi connectivity index (χ1v) is 9.11. The highest BCUT2D eigenvalue weighted by molar-refractivity contribution is 7.14. The number of amides is 1. The lowest BCUT2D eigenvalue weighted by Crippen LogP contribution is -2.42. The van der Waals surface area contributed by atoms with Gasteiger partial charge in [0.1, 0.15) is 0 Å². The van der Waals surface area contributed by atoms with Crippen LogP contribution in [0.4, 0.5) is 0 Å². The van der Waals surface area contributed by atoms with Gasteiger partial charge in [0.25, 0.3) is 5.91 Å². The molecule has 2 nitrogen and oxygen atoms in total. The van der Waals surface area contributed by atoms with Gasteiger partial charge in [-0.15, -0.1) is 22.9 Å². The maximum absolute atomic E-state index is 12.4. The molecule has 0 radical (unpaired) electrons. The van der Waals surface area contributed by atoms with Gasteiger partial charge in [0.05, 0.1) is 4.88 Å². The molecule has 1 aromatic heterocycles. The Bertz CT molecular complexity index is 461. The second-order valence-corrected chi connectivity index (χ2v) is 7.49. The Kier molecular flexibility index (Phi) is 4.67. The molecular formula is C16H22ClNOS. The Balaban J connectivity index is 1.67. The van der Waals surface area contributed by atoms with E-state index in [-0.39, 0.29) is 11.9 Å². The fraction of sp³-hybridized carbons (Fsp3) is 0.688. The maximum Gasteiger partial charge on any atom is 0.261 e. The number of alkyl halides is 1. The molecule has 0 bridgehead atoms. The summed E-state index contributed by atoms with van der Waals surface area (Å²) >= 11 is 7.73. The molecular weight excluding hydrogens is 290 g/mol. The Morgan fingerprint density at radius 3 is 2.85 bits per heavy atom. The van der Waals surface area contributed by atoms with Crippen LogP contribution in [-0.4, -0.2) is 17.8 Å². The average Bonchev–Trinajstić information content (AvgIpc) is 2.92. The number of hydrogen-bond donors (Lipinski definition) is 1. The lowest BCUT2D eigenvalue weighted by molar-refractivity contribution is 0.0915. The third kappa shape index (κ3) is 3.04. The van der Waals surface area contributed by atoms with Gasteiger partial charge in [-0.05, 0) is 56.1 Å². The molecule has 0 aliphatic heterocycles. The number of carbonyl (C=O) groups excluding carboxylic acids is 1. The third-order valence-corrected chi connectivity index (χ3v) is 6.28. The lowest BCUT2D eigenvalue weighted by Gasteiger charge is -2.30. The first kappa shape index (κ1) is 14.4. The van der Waals surface area contributed by atoms with E-state index in [1.807, 2.05) is 0 Å². The van der Waals surface area contributed by atoms with Crippen LogP contribution in [0.3, 0.4) is 0 Å². The van der Waals surface area contributed by atoms with E-state index in [9.17, 15) is 4.79 Å². The van der Waals surface area contributed by atoms with Crippen molar-refractivity contribution in [2.24, 2.45) is 5.92 Å². The van der Waals surface area contributed by atoms with E-state index in [2.05, 4.69) is 11.4 Å². The molecule has 1 N–H and O–H groups in total. The number of thiophene rings is 1. The van der Waals surface area contributed by atoms with Crippen molar-refractivity contribution in [3.05, 3.63) is 21.4 Å². The molecule has 0 saturated heterocycles. The van der Waals surface area contributed by atoms with Crippen molar-refractivity contribution in [2.45, 2.75) is 57.4 Å². The molecule has 0 spiro atoms. The smallest absolute Gasteiger partial charge is 0.261 e. The molecule has 3 rings (SSSR count). The number of aryl methyl sites for hydroxylation is 2. The van der Waals surface area contributed by atoms with E-state index >= 15 is 0 Å². The third-order valence-electron chi connectivity index (χ3n) is 4.64. The van der Waals surface area contributed by atoms with Crippen molar-refractivity contribution in [3.63, 3.8) is 0 Å². The Labute approximate surface area is 129 Å². The van der Waals surface area contributed by atoms with Crippen LogP contribution in [0.15, 0.2) is 6.07 Å². The molecule has 2 unspecified atom stereocenters. The summed E-state index contributed by atoms with van der Waals surface area (Å²) in [7, 11) is 0. The minimum atomic E-state index is 0.117. The molecule has 110 valence electrons. The van der Waals surface area contributed by atoms with Crippen molar-refractivity contribution >= 4 is 28.8 Å². The molecule has 1 amide bonds. The van der Waals surface area contributed by atoms with Crippen LogP contribution in [-0.2, 0) is 12.8 Å². The van der Waals surface area contributed by atoms with E-state index in [0.29, 0.717) is 11.8 Å². The van der Waals surface area contributed by atoms with E-state index in [4.69, 9.17) is 11.6 Å². The Morgan fingerprint density at radius 1 is 1.25 bits per heavy atom. The fourth-order valence-electron chi connectivity index (χ4n) is 3.42. The van der Waals surface area contributed by atoms with Crippen molar-refractivity contribution in [2.75, 3.05) is 5.88 Å². The highest BCUT2D eigenvalue weighted by atomic mass is 35.5. The summed E-state index contributed by atoms with van der Waals surface area (Å²) in [6, 6.07) is 2.39. The van der Waals surface area contributed by atoms with Crippen molar-refractivity contribution in [3.8, 4) is 0 Å². The van der Waals surface area contributed by atoms with Crippen LogP contribution in [0.2, 0.25) is 0 Å². The number of halogens is 1. The van der Waals surface area contributed by atoms with Gasteiger partial charge in [0, 0.05) is 16.8 Å². The summed E-state index contributed by atoms with van der Waals surface area (Å²) in [5, 5.41) is 3.23. The molecule has 2 aliphatic rings. The van der Waals surface area contributed by atoms with Crippen LogP contribution in [0.25, 0.3) is 0 Å². The van der Waals surface area contributed by atoms with Gasteiger partial charge in [0.15, 0.2) is 0 Å². The number of carbonyl (C=O) groups is 1. The quantitative estimate of drug-likeness (QED) is 0.835. The number of nitrogens with one attached hydrogen (secondary N) is 1. The zero-order valence-electron chi connectivity index (χ0n) is 11.8. The van der Waals surface area contributed by atoms with Crippen molar-refractivity contribution in [1.82, 2.24) is 5.32 Å². The fourth-order valence-corrected chi connectivity index (χ4v) is 4.95. The minimum Gasteiger partial charge on any atom is -0.348 e. The summed E-state index contributed by atoms with van der Waals surface area (Å²) in [6.45, 7) is 0. The van der Waals surface area contributed by atoms with Gasteiger partial charge in [-0.1, -0.05) is 12.8 Å². The summed E-state index contributed by atoms with van der Waals surface area (Å²) in [6.07, 6.45) is 9.51. The van der Waals surface area contributed by atoms with Gasteiger partial charge in [-0.3, -0.25) is 4.79 Å². The molecule has 4 heteroatoms. The predicted molar refractivity (Wildman–Crippen MR) is 84.9 cm³/mol. The number of hydrogen-bond acceptors (Lipinski definition) is 2. The predicted octanol–water partition coefficient (Wildman–Crippen LogP) is 4.15. The highest BCUT2D eigenvalue weighted by Gasteiger charge is 2.27. The Hall–Kier alpha value is -0.540. The maximum atomic E-state index is 12.4. The van der Waals surface area contributed by atoms with Crippen molar-refractivity contribution < 1.29 is 4.79 Å². The van der Waals surface area contributed by atoms with Gasteiger partial charge in [-0.25, -0.2) is 0 Å². The molecule has 20 heavy (non-hydrogen) atoms. The monoisotopic (exact) mass is 311 g/mol. The van der Waals surface area contributed by atoms with E-state index < -0.39 is 0 Å². The molecule has 2 aliphatic carbocycles. The van der Waals surface area contributed by atoms with Gasteiger partial charge in [0.2, 0.25) is 0 Å². The molecule has 0 aromatic carbocycles. The van der Waals surface area contributed by atoms with Crippen LogP contribution in [0, 0.1) is 5.92 Å². The average molecular weight is 312 g/mol. The first-order valence-electron chi connectivity index (χ1n) is 7.76. The normalized spacial score (nSPS) is 26.1. The molecule has 1 fully saturated rings. The summed E-state index contributed by atoms with van der Waals surface area (Å²) < 4.78 is 0. The Morgan fingerprint density at radius 2 is 2.05 bits per heavy atom. The van der Waals surface area contributed by atoms with Gasteiger partial charge in [-0.2, -0.15) is 0 Å². The highest BCUT2D eigenvalue weighted by Crippen LogP contribution is 2.30. The zero-order valence-corrected chi connectivity index (χ0v) is 13.4. The minimum absolute atomic E-state index is 0.117. The van der Waals surface area contributed by atoms with Crippen LogP contribution >= 0.6 is 22.9 Å². The topological polar surface area (TPSA) is 29.1 Å². The van der Waals surface area contributed by atoms with Crippen LogP contribution < -0.4 is 5.32 Å². The molecule has 2 atom stereocenters. The van der Waals surface area contributed by atoms with E-state index in [1.54, 1.807) is 11.3 Å².